The van der Waals surface area contributed by atoms with E-state index in [0.29, 0.717) is 5.69 Å². The topological polar surface area (TPSA) is 82.7 Å². The molecule has 0 saturated heterocycles. The van der Waals surface area contributed by atoms with Crippen LogP contribution in [0.25, 0.3) is 28.7 Å². The van der Waals surface area contributed by atoms with E-state index in [-0.39, 0.29) is 31.9 Å². The molecule has 0 aliphatic carbocycles. The van der Waals surface area contributed by atoms with Crippen LogP contribution in [0, 0.1) is 29.6 Å². The van der Waals surface area contributed by atoms with E-state index in [0.717, 1.165) is 29.0 Å². The minimum absolute atomic E-state index is 0.148. The van der Waals surface area contributed by atoms with Crippen molar-refractivity contribution in [1.29, 1.82) is 10.5 Å². The van der Waals surface area contributed by atoms with E-state index in [1.54, 1.807) is 24.3 Å². The monoisotopic (exact) mass is 511 g/mol. The fourth-order valence-electron chi connectivity index (χ4n) is 3.31. The van der Waals surface area contributed by atoms with Crippen LogP contribution in [-0.4, -0.2) is 4.57 Å². The zero-order valence-electron chi connectivity index (χ0n) is 17.9. The molecule has 0 radical (unpaired) electrons. The summed E-state index contributed by atoms with van der Waals surface area (Å²) in [5, 5.41) is 18.3. The number of thiazole rings is 1. The molecule has 0 amide bonds. The molecule has 4 aromatic rings. The number of aryl methyl sites for hydroxylation is 1. The lowest BCUT2D eigenvalue weighted by molar-refractivity contribution is -0.137. The normalized spacial score (nSPS) is 11.8. The van der Waals surface area contributed by atoms with Gasteiger partial charge in [0.2, 0.25) is 0 Å². The second-order valence-corrected chi connectivity index (χ2v) is 8.82. The predicted molar refractivity (Wildman–Crippen MR) is 126 cm³/mol. The van der Waals surface area contributed by atoms with Gasteiger partial charge in [-0.25, -0.2) is 0 Å². The lowest BCUT2D eigenvalue weighted by atomic mass is 10.1. The van der Waals surface area contributed by atoms with Crippen LogP contribution in [0.3, 0.4) is 0 Å². The summed E-state index contributed by atoms with van der Waals surface area (Å²) >= 11 is 6.62. The van der Waals surface area contributed by atoms with Crippen LogP contribution in [0.1, 0.15) is 16.9 Å². The molecule has 5 nitrogen and oxygen atoms in total. The second-order valence-electron chi connectivity index (χ2n) is 7.38. The maximum atomic E-state index is 13.2. The summed E-state index contributed by atoms with van der Waals surface area (Å²) in [5.41, 5.74) is -0.0768. The van der Waals surface area contributed by atoms with E-state index in [4.69, 9.17) is 16.0 Å². The summed E-state index contributed by atoms with van der Waals surface area (Å²) in [5.74, 6) is 0.357. The summed E-state index contributed by atoms with van der Waals surface area (Å²) < 4.78 is 46.9. The van der Waals surface area contributed by atoms with Gasteiger partial charge in [0.15, 0.2) is 5.57 Å². The Hall–Kier alpha value is -4.05. The van der Waals surface area contributed by atoms with Gasteiger partial charge in [-0.2, -0.15) is 23.7 Å². The first-order valence-corrected chi connectivity index (χ1v) is 11.1. The molecule has 0 saturated carbocycles. The lowest BCUT2D eigenvalue weighted by Crippen LogP contribution is -2.30. The van der Waals surface area contributed by atoms with Gasteiger partial charge >= 0.3 is 6.18 Å². The first-order valence-electron chi connectivity index (χ1n) is 9.94. The van der Waals surface area contributed by atoms with Gasteiger partial charge < -0.3 is 4.42 Å². The number of hydrogen-bond acceptors (Lipinski definition) is 5. The average molecular weight is 512 g/mol. The number of hydrogen-bond donors (Lipinski definition) is 0. The lowest BCUT2D eigenvalue weighted by Gasteiger charge is -2.09. The van der Waals surface area contributed by atoms with Crippen molar-refractivity contribution in [1.82, 2.24) is 4.57 Å². The smallest absolute Gasteiger partial charge is 0.417 e. The molecule has 0 unspecified atom stereocenters. The Morgan fingerprint density at radius 3 is 2.40 bits per heavy atom. The van der Waals surface area contributed by atoms with Gasteiger partial charge in [-0.1, -0.05) is 29.3 Å². The Kier molecular flexibility index (Phi) is 6.40. The van der Waals surface area contributed by atoms with E-state index in [1.807, 2.05) is 19.1 Å². The van der Waals surface area contributed by atoms with Gasteiger partial charge in [0.1, 0.15) is 28.3 Å². The van der Waals surface area contributed by atoms with Crippen LogP contribution in [0.5, 0.6) is 0 Å². The molecule has 2 heterocycles. The third-order valence-corrected chi connectivity index (χ3v) is 6.43. The average Bonchev–Trinajstić information content (AvgIpc) is 3.40. The van der Waals surface area contributed by atoms with Crippen molar-refractivity contribution < 1.29 is 17.6 Å². The Labute approximate surface area is 205 Å². The molecule has 2 aromatic heterocycles. The Morgan fingerprint density at radius 1 is 1.09 bits per heavy atom. The van der Waals surface area contributed by atoms with Crippen LogP contribution in [-0.2, 0) is 6.18 Å². The van der Waals surface area contributed by atoms with E-state index in [1.165, 1.54) is 28.8 Å². The number of aromatic nitrogens is 1. The highest BCUT2D eigenvalue weighted by molar-refractivity contribution is 7.07. The van der Waals surface area contributed by atoms with Gasteiger partial charge in [0, 0.05) is 11.6 Å². The minimum Gasteiger partial charge on any atom is -0.457 e. The maximum absolute atomic E-state index is 13.2. The quantitative estimate of drug-likeness (QED) is 0.380. The number of nitrogens with zero attached hydrogens (tertiary/aromatic N) is 3. The number of furan rings is 1. The summed E-state index contributed by atoms with van der Waals surface area (Å²) in [6, 6.07) is 17.0. The van der Waals surface area contributed by atoms with Crippen LogP contribution < -0.4 is 14.8 Å². The first kappa shape index (κ1) is 24.1. The highest BCUT2D eigenvalue weighted by atomic mass is 35.5. The zero-order valence-corrected chi connectivity index (χ0v) is 19.4. The standard InChI is InChI=1S/C25H13ClF3N3O2S/c1-14-2-5-17(6-3-14)32-23(33)22(35-24(32)16(12-30)13-31)11-18-7-9-21(34-18)15-4-8-20(26)19(10-15)25(27,28)29/h2-11H,1H3/b22-11-. The van der Waals surface area contributed by atoms with Gasteiger partial charge in [-0.05, 0) is 49.4 Å². The number of halogens is 4. The van der Waals surface area contributed by atoms with Crippen LogP contribution in [0.4, 0.5) is 13.2 Å². The predicted octanol–water partition coefficient (Wildman–Crippen LogP) is 5.17. The molecular weight excluding hydrogens is 499 g/mol. The maximum Gasteiger partial charge on any atom is 0.417 e. The van der Waals surface area contributed by atoms with Gasteiger partial charge in [-0.15, -0.1) is 11.3 Å². The van der Waals surface area contributed by atoms with Gasteiger partial charge in [-0.3, -0.25) is 9.36 Å². The van der Waals surface area contributed by atoms with Crippen molar-refractivity contribution in [2.24, 2.45) is 0 Å². The minimum atomic E-state index is -4.63. The Bertz CT molecular complexity index is 1680. The summed E-state index contributed by atoms with van der Waals surface area (Å²) in [4.78, 5) is 13.2. The molecule has 0 aliphatic heterocycles. The van der Waals surface area contributed by atoms with Crippen LogP contribution in [0.15, 0.2) is 63.8 Å². The molecule has 174 valence electrons. The molecule has 0 atom stereocenters. The fourth-order valence-corrected chi connectivity index (χ4v) is 4.57. The van der Waals surface area contributed by atoms with Gasteiger partial charge in [0.25, 0.3) is 5.56 Å². The molecule has 4 rings (SSSR count). The largest absolute Gasteiger partial charge is 0.457 e. The molecule has 0 aliphatic rings. The third-order valence-electron chi connectivity index (χ3n) is 5.01. The molecule has 2 aromatic carbocycles. The van der Waals surface area contributed by atoms with Crippen molar-refractivity contribution in [3.63, 3.8) is 0 Å². The van der Waals surface area contributed by atoms with Crippen molar-refractivity contribution in [3.05, 3.63) is 96.1 Å². The Balaban J connectivity index is 1.86. The van der Waals surface area contributed by atoms with Crippen molar-refractivity contribution >= 4 is 34.6 Å². The number of nitriles is 2. The number of rotatable bonds is 3. The highest BCUT2D eigenvalue weighted by Gasteiger charge is 2.33. The highest BCUT2D eigenvalue weighted by Crippen LogP contribution is 2.37. The van der Waals surface area contributed by atoms with E-state index < -0.39 is 22.3 Å². The fraction of sp³-hybridized carbons (Fsp3) is 0.0800. The van der Waals surface area contributed by atoms with E-state index in [9.17, 15) is 28.5 Å². The van der Waals surface area contributed by atoms with Gasteiger partial charge in [0.05, 0.1) is 20.8 Å². The van der Waals surface area contributed by atoms with E-state index >= 15 is 0 Å². The van der Waals surface area contributed by atoms with E-state index in [2.05, 4.69) is 0 Å². The summed E-state index contributed by atoms with van der Waals surface area (Å²) in [6.45, 7) is 1.88. The molecule has 10 heteroatoms. The van der Waals surface area contributed by atoms with Crippen molar-refractivity contribution in [3.8, 4) is 29.1 Å². The third kappa shape index (κ3) is 4.78. The van der Waals surface area contributed by atoms with Crippen molar-refractivity contribution in [2.45, 2.75) is 13.1 Å². The van der Waals surface area contributed by atoms with Crippen LogP contribution in [0.2, 0.25) is 5.02 Å². The summed E-state index contributed by atoms with van der Waals surface area (Å²) in [6.07, 6.45) is -3.21. The van der Waals surface area contributed by atoms with Crippen molar-refractivity contribution in [2.75, 3.05) is 0 Å². The Morgan fingerprint density at radius 2 is 1.77 bits per heavy atom. The SMILES string of the molecule is Cc1ccc(-n2c(=C(C#N)C#N)s/c(=C\c3ccc(-c4ccc(Cl)c(C(F)(F)F)c4)o3)c2=O)cc1. The molecular formula is C25H13ClF3N3O2S. The second kappa shape index (κ2) is 9.30. The molecule has 0 bridgehead atoms. The first-order chi connectivity index (χ1) is 16.6. The number of alkyl halides is 3. The number of benzene rings is 2. The molecule has 0 fully saturated rings. The molecule has 35 heavy (non-hydrogen) atoms. The van der Waals surface area contributed by atoms with Crippen LogP contribution >= 0.6 is 22.9 Å². The summed E-state index contributed by atoms with van der Waals surface area (Å²) in [7, 11) is 0. The molecule has 0 spiro atoms. The molecule has 0 N–H and O–H groups in total. The zero-order chi connectivity index (χ0) is 25.3.